The average Bonchev–Trinajstić information content (AvgIpc) is 3.26. The van der Waals surface area contributed by atoms with Crippen molar-refractivity contribution >= 4 is 40.5 Å². The van der Waals surface area contributed by atoms with Gasteiger partial charge in [-0.05, 0) is 36.1 Å². The molecule has 0 bridgehead atoms. The predicted octanol–water partition coefficient (Wildman–Crippen LogP) is 6.65. The van der Waals surface area contributed by atoms with Crippen LogP contribution >= 0.6 is 23.2 Å². The summed E-state index contributed by atoms with van der Waals surface area (Å²) in [7, 11) is 0. The third kappa shape index (κ3) is 5.40. The van der Waals surface area contributed by atoms with Crippen molar-refractivity contribution in [1.82, 2.24) is 4.90 Å². The number of oxime groups is 1. The van der Waals surface area contributed by atoms with Gasteiger partial charge in [0.2, 0.25) is 0 Å². The fourth-order valence-electron chi connectivity index (χ4n) is 5.64. The Morgan fingerprint density at radius 1 is 1.22 bits per heavy atom. The van der Waals surface area contributed by atoms with Crippen LogP contribution in [0.1, 0.15) is 44.6 Å². The lowest BCUT2D eigenvalue weighted by atomic mass is 9.78. The van der Waals surface area contributed by atoms with E-state index in [4.69, 9.17) is 28.0 Å². The van der Waals surface area contributed by atoms with Gasteiger partial charge in [0.15, 0.2) is 11.6 Å². The fraction of sp³-hybridized carbons (Fsp3) is 0.429. The number of hydrogen-bond donors (Lipinski definition) is 1. The molecule has 0 saturated carbocycles. The van der Waals surface area contributed by atoms with Gasteiger partial charge in [-0.2, -0.15) is 0 Å². The van der Waals surface area contributed by atoms with Crippen LogP contribution in [0.25, 0.3) is 5.57 Å². The molecular formula is C28H28Cl2F2N2O3. The summed E-state index contributed by atoms with van der Waals surface area (Å²) in [6, 6.07) is 3.69. The van der Waals surface area contributed by atoms with Crippen LogP contribution in [-0.4, -0.2) is 46.9 Å². The summed E-state index contributed by atoms with van der Waals surface area (Å²) >= 11 is 13.3. The molecule has 1 N–H and O–H groups in total. The molecule has 1 fully saturated rings. The van der Waals surface area contributed by atoms with Gasteiger partial charge in [0.1, 0.15) is 5.60 Å². The molecule has 37 heavy (non-hydrogen) atoms. The third-order valence-electron chi connectivity index (χ3n) is 7.69. The maximum atomic E-state index is 13.8. The summed E-state index contributed by atoms with van der Waals surface area (Å²) in [6.45, 7) is 4.51. The van der Waals surface area contributed by atoms with Crippen molar-refractivity contribution in [1.29, 1.82) is 0 Å². The Labute approximate surface area is 224 Å². The Balaban J connectivity index is 1.19. The first-order valence-electron chi connectivity index (χ1n) is 12.4. The first-order chi connectivity index (χ1) is 17.6. The van der Waals surface area contributed by atoms with Gasteiger partial charge >= 0.3 is 5.97 Å². The third-order valence-corrected chi connectivity index (χ3v) is 8.31. The van der Waals surface area contributed by atoms with E-state index in [1.54, 1.807) is 6.08 Å². The second-order valence-corrected chi connectivity index (χ2v) is 11.6. The number of benzene rings is 1. The molecule has 1 saturated heterocycles. The van der Waals surface area contributed by atoms with Crippen molar-refractivity contribution in [2.45, 2.75) is 44.6 Å². The number of halogens is 4. The number of allylic oxidation sites excluding steroid dienone is 6. The topological polar surface area (TPSA) is 62.1 Å². The first kappa shape index (κ1) is 26.1. The highest BCUT2D eigenvalue weighted by Crippen LogP contribution is 2.46. The van der Waals surface area contributed by atoms with E-state index in [2.05, 4.69) is 17.0 Å². The van der Waals surface area contributed by atoms with E-state index in [9.17, 15) is 18.7 Å². The van der Waals surface area contributed by atoms with Crippen molar-refractivity contribution < 1.29 is 23.5 Å². The molecule has 1 spiro atoms. The number of piperidine rings is 1. The maximum Gasteiger partial charge on any atom is 0.310 e. The molecule has 2 atom stereocenters. The second kappa shape index (κ2) is 10.0. The van der Waals surface area contributed by atoms with Crippen LogP contribution in [0.4, 0.5) is 8.78 Å². The van der Waals surface area contributed by atoms with Gasteiger partial charge in [0.25, 0.3) is 0 Å². The molecule has 1 aromatic carbocycles. The normalized spacial score (nSPS) is 27.6. The van der Waals surface area contributed by atoms with Gasteiger partial charge < -0.3 is 14.8 Å². The summed E-state index contributed by atoms with van der Waals surface area (Å²) < 4.78 is 27.2. The minimum Gasteiger partial charge on any atom is -0.481 e. The molecule has 2 aliphatic heterocycles. The SMILES string of the molecule is CC1(CN2CCC3(CC2)CC(C2=CCC(C(=O)O)C=C2)=NO3)C=C(Cl)C(c2ccc(F)c(F)c2)=C(Cl)C1. The summed E-state index contributed by atoms with van der Waals surface area (Å²) in [6.07, 6.45) is 10.8. The van der Waals surface area contributed by atoms with E-state index in [-0.39, 0.29) is 11.0 Å². The minimum absolute atomic E-state index is 0.308. The molecule has 0 radical (unpaired) electrons. The largest absolute Gasteiger partial charge is 0.481 e. The number of nitrogens with zero attached hydrogens (tertiary/aromatic N) is 2. The number of rotatable bonds is 5. The van der Waals surface area contributed by atoms with Crippen LogP contribution in [0.15, 0.2) is 63.3 Å². The highest BCUT2D eigenvalue weighted by Gasteiger charge is 2.44. The lowest BCUT2D eigenvalue weighted by Crippen LogP contribution is -2.47. The van der Waals surface area contributed by atoms with Crippen LogP contribution in [0.3, 0.4) is 0 Å². The number of likely N-dealkylation sites (tertiary alicyclic amines) is 1. The maximum absolute atomic E-state index is 13.8. The van der Waals surface area contributed by atoms with Crippen molar-refractivity contribution in [3.8, 4) is 0 Å². The van der Waals surface area contributed by atoms with Crippen LogP contribution in [0.2, 0.25) is 0 Å². The number of hydrogen-bond acceptors (Lipinski definition) is 4. The molecule has 2 heterocycles. The quantitative estimate of drug-likeness (QED) is 0.447. The van der Waals surface area contributed by atoms with E-state index >= 15 is 0 Å². The first-order valence-corrected chi connectivity index (χ1v) is 13.1. The van der Waals surface area contributed by atoms with Crippen LogP contribution in [0, 0.1) is 23.0 Å². The number of carbonyl (C=O) groups is 1. The van der Waals surface area contributed by atoms with Crippen LogP contribution in [0.5, 0.6) is 0 Å². The van der Waals surface area contributed by atoms with Crippen molar-refractivity contribution in [3.05, 3.63) is 75.3 Å². The Morgan fingerprint density at radius 2 is 1.97 bits per heavy atom. The summed E-state index contributed by atoms with van der Waals surface area (Å²) in [4.78, 5) is 19.5. The van der Waals surface area contributed by atoms with Gasteiger partial charge in [0.05, 0.1) is 11.6 Å². The molecular weight excluding hydrogens is 521 g/mol. The van der Waals surface area contributed by atoms with Gasteiger partial charge in [0, 0.05) is 59.9 Å². The highest BCUT2D eigenvalue weighted by atomic mass is 35.5. The van der Waals surface area contributed by atoms with Crippen LogP contribution in [-0.2, 0) is 9.63 Å². The number of carboxylic acids is 1. The number of aliphatic carboxylic acids is 1. The number of carboxylic acid groups (broad SMARTS) is 1. The molecule has 0 amide bonds. The molecule has 1 aromatic rings. The monoisotopic (exact) mass is 548 g/mol. The molecule has 196 valence electrons. The zero-order valence-corrected chi connectivity index (χ0v) is 22.0. The van der Waals surface area contributed by atoms with Crippen molar-refractivity contribution in [2.75, 3.05) is 19.6 Å². The fourth-order valence-corrected chi connectivity index (χ4v) is 6.69. The van der Waals surface area contributed by atoms with Gasteiger partial charge in [-0.25, -0.2) is 8.78 Å². The predicted molar refractivity (Wildman–Crippen MR) is 140 cm³/mol. The molecule has 5 rings (SSSR count). The van der Waals surface area contributed by atoms with Crippen LogP contribution < -0.4 is 0 Å². The van der Waals surface area contributed by atoms with Gasteiger partial charge in [-0.3, -0.25) is 4.79 Å². The molecule has 2 unspecified atom stereocenters. The lowest BCUT2D eigenvalue weighted by Gasteiger charge is -2.42. The molecule has 5 nitrogen and oxygen atoms in total. The van der Waals surface area contributed by atoms with Crippen molar-refractivity contribution in [2.24, 2.45) is 16.5 Å². The Bertz CT molecular complexity index is 1280. The summed E-state index contributed by atoms with van der Waals surface area (Å²) in [5, 5.41) is 14.5. The van der Waals surface area contributed by atoms with E-state index in [0.29, 0.717) is 40.5 Å². The minimum atomic E-state index is -0.934. The Hall–Kier alpha value is -2.48. The molecule has 4 aliphatic rings. The van der Waals surface area contributed by atoms with Gasteiger partial charge in [-0.15, -0.1) is 0 Å². The standard InChI is InChI=1S/C28H28Cl2F2N2O3/c1-27(13-20(29)25(21(30)14-27)19-6-7-22(31)23(32)12-19)16-34-10-8-28(9-11-34)15-24(33-37-28)17-2-4-18(5-3-17)26(35)36/h2-4,6-7,12-13,18H,5,8-11,14-16H2,1H3,(H,35,36). The molecule has 0 aromatic heterocycles. The smallest absolute Gasteiger partial charge is 0.310 e. The Morgan fingerprint density at radius 3 is 2.59 bits per heavy atom. The van der Waals surface area contributed by atoms with Crippen molar-refractivity contribution in [3.63, 3.8) is 0 Å². The Kier molecular flexibility index (Phi) is 7.07. The van der Waals surface area contributed by atoms with E-state index in [1.807, 2.05) is 18.2 Å². The average molecular weight is 549 g/mol. The van der Waals surface area contributed by atoms with Gasteiger partial charge in [-0.1, -0.05) is 65.7 Å². The highest BCUT2D eigenvalue weighted by molar-refractivity contribution is 6.42. The zero-order chi connectivity index (χ0) is 26.4. The summed E-state index contributed by atoms with van der Waals surface area (Å²) in [5.74, 6) is -3.15. The second-order valence-electron chi connectivity index (χ2n) is 10.7. The van der Waals surface area contributed by atoms with E-state index in [1.165, 1.54) is 6.07 Å². The molecule has 9 heteroatoms. The summed E-state index contributed by atoms with van der Waals surface area (Å²) in [5.41, 5.74) is 2.19. The lowest BCUT2D eigenvalue weighted by molar-refractivity contribution is -0.139. The van der Waals surface area contributed by atoms with E-state index in [0.717, 1.165) is 55.9 Å². The zero-order valence-electron chi connectivity index (χ0n) is 20.4. The van der Waals surface area contributed by atoms with E-state index < -0.39 is 23.5 Å². The molecule has 2 aliphatic carbocycles.